The van der Waals surface area contributed by atoms with Gasteiger partial charge in [0, 0.05) is 34.4 Å². The molecule has 0 unspecified atom stereocenters. The van der Waals surface area contributed by atoms with Crippen LogP contribution in [0.2, 0.25) is 0 Å². The van der Waals surface area contributed by atoms with Crippen LogP contribution in [0, 0.1) is 53.7 Å². The molecule has 0 fully saturated rings. The van der Waals surface area contributed by atoms with Crippen LogP contribution in [0.1, 0.15) is 28.2 Å². The lowest BCUT2D eigenvalue weighted by atomic mass is 9.92. The van der Waals surface area contributed by atoms with E-state index in [1.807, 2.05) is 18.2 Å². The van der Waals surface area contributed by atoms with Crippen LogP contribution < -0.4 is 10.4 Å². The Morgan fingerprint density at radius 2 is 1.35 bits per heavy atom. The second-order valence-electron chi connectivity index (χ2n) is 7.25. The summed E-state index contributed by atoms with van der Waals surface area (Å²) in [7, 11) is 0. The van der Waals surface area contributed by atoms with Gasteiger partial charge in [0.25, 0.3) is 17.2 Å². The Balaban J connectivity index is 2.10. The Kier molecular flexibility index (Phi) is 4.31. The first-order valence-corrected chi connectivity index (χ1v) is 9.61. The SMILES string of the molecule is [C-]#[N+]/C(C#N)=c1/c2c(/c(=C(\C#N)[N+]#[C-])c3c1Cc1nc([N+]#[C-])cnc1-3)-c1ncc(C#N)nc1C2. The van der Waals surface area contributed by atoms with Crippen molar-refractivity contribution < 1.29 is 0 Å². The molecular formula is C24H6N10. The topological polar surface area (TPSA) is 136 Å². The summed E-state index contributed by atoms with van der Waals surface area (Å²) in [5.74, 6) is 0.0896. The van der Waals surface area contributed by atoms with Gasteiger partial charge in [-0.05, 0) is 11.1 Å². The number of rotatable bonds is 0. The molecule has 0 bridgehead atoms. The van der Waals surface area contributed by atoms with Crippen LogP contribution in [0.3, 0.4) is 0 Å². The minimum atomic E-state index is -0.205. The third kappa shape index (κ3) is 2.55. The summed E-state index contributed by atoms with van der Waals surface area (Å²) in [6, 6.07) is 5.84. The molecule has 0 saturated carbocycles. The molecule has 5 rings (SSSR count). The molecule has 2 heterocycles. The van der Waals surface area contributed by atoms with Gasteiger partial charge < -0.3 is 4.85 Å². The summed E-state index contributed by atoms with van der Waals surface area (Å²) in [6.45, 7) is 22.5. The molecule has 0 radical (unpaired) electrons. The maximum atomic E-state index is 9.81. The van der Waals surface area contributed by atoms with Gasteiger partial charge in [-0.15, -0.1) is 4.98 Å². The van der Waals surface area contributed by atoms with Gasteiger partial charge in [0.2, 0.25) is 0 Å². The standard InChI is InChI=1S/C24H6N10/c1-28-16(7-26)19-12-4-14-23(31-9-11(6-25)33-14)20(12)22(17(8-27)29-2)21-13(19)5-15-24(21)32-10-18(30-3)34-15/h9-10H,4-5H2/b19-16-,22-17-. The smallest absolute Gasteiger partial charge is 0.288 e. The van der Waals surface area contributed by atoms with Crippen LogP contribution >= 0.6 is 0 Å². The van der Waals surface area contributed by atoms with Crippen LogP contribution in [0.15, 0.2) is 12.4 Å². The first-order valence-electron chi connectivity index (χ1n) is 9.61. The minimum Gasteiger partial charge on any atom is -0.359 e. The Bertz CT molecular complexity index is 1740. The summed E-state index contributed by atoms with van der Waals surface area (Å²) in [5.41, 5.74) is 3.36. The van der Waals surface area contributed by atoms with Gasteiger partial charge in [-0.1, -0.05) is 6.57 Å². The van der Waals surface area contributed by atoms with E-state index in [-0.39, 0.29) is 41.0 Å². The number of nitrogens with zero attached hydrogens (tertiary/aromatic N) is 10. The lowest BCUT2D eigenvalue weighted by Crippen LogP contribution is -2.26. The van der Waals surface area contributed by atoms with Gasteiger partial charge in [0.1, 0.15) is 11.8 Å². The largest absolute Gasteiger partial charge is 0.359 e. The molecule has 0 aliphatic heterocycles. The molecule has 2 aliphatic carbocycles. The highest BCUT2D eigenvalue weighted by atomic mass is 14.9. The molecule has 0 saturated heterocycles. The first-order chi connectivity index (χ1) is 16.6. The second-order valence-corrected chi connectivity index (χ2v) is 7.25. The predicted octanol–water partition coefficient (Wildman–Crippen LogP) is 1.93. The molecule has 0 spiro atoms. The number of aromatic nitrogens is 4. The van der Waals surface area contributed by atoms with Crippen LogP contribution in [-0.4, -0.2) is 19.9 Å². The summed E-state index contributed by atoms with van der Waals surface area (Å²) in [6.07, 6.45) is 2.95. The number of benzene rings is 1. The maximum Gasteiger partial charge on any atom is 0.288 e. The summed E-state index contributed by atoms with van der Waals surface area (Å²) >= 11 is 0. The van der Waals surface area contributed by atoms with Crippen molar-refractivity contribution in [1.82, 2.24) is 19.9 Å². The molecule has 34 heavy (non-hydrogen) atoms. The molecule has 0 amide bonds. The van der Waals surface area contributed by atoms with Crippen molar-refractivity contribution in [3.05, 3.63) is 85.3 Å². The molecule has 1 aromatic carbocycles. The van der Waals surface area contributed by atoms with Crippen molar-refractivity contribution in [2.24, 2.45) is 0 Å². The van der Waals surface area contributed by atoms with Crippen LogP contribution in [-0.2, 0) is 12.8 Å². The number of nitriles is 3. The highest BCUT2D eigenvalue weighted by molar-refractivity contribution is 5.90. The van der Waals surface area contributed by atoms with E-state index in [4.69, 9.17) is 19.7 Å². The normalized spacial score (nSPS) is 13.2. The summed E-state index contributed by atoms with van der Waals surface area (Å²) in [5, 5.41) is 29.5. The second kappa shape index (κ2) is 7.33. The molecule has 0 atom stereocenters. The van der Waals surface area contributed by atoms with Gasteiger partial charge in [-0.3, -0.25) is 9.97 Å². The quantitative estimate of drug-likeness (QED) is 0.340. The van der Waals surface area contributed by atoms with Crippen molar-refractivity contribution in [2.45, 2.75) is 12.8 Å². The van der Waals surface area contributed by atoms with E-state index in [0.29, 0.717) is 50.2 Å². The van der Waals surface area contributed by atoms with Gasteiger partial charge in [0.05, 0.1) is 49.1 Å². The molecule has 2 aliphatic rings. The van der Waals surface area contributed by atoms with Crippen molar-refractivity contribution >= 4 is 17.2 Å². The number of hydrogen-bond donors (Lipinski definition) is 0. The van der Waals surface area contributed by atoms with E-state index in [0.717, 1.165) is 0 Å². The Labute approximate surface area is 192 Å². The Hall–Kier alpha value is -5.94. The predicted molar refractivity (Wildman–Crippen MR) is 116 cm³/mol. The fraction of sp³-hybridized carbons (Fsp3) is 0.0833. The van der Waals surface area contributed by atoms with Crippen molar-refractivity contribution in [2.75, 3.05) is 0 Å². The molecule has 3 aromatic rings. The van der Waals surface area contributed by atoms with Crippen molar-refractivity contribution in [1.29, 1.82) is 15.8 Å². The molecule has 0 N–H and O–H groups in total. The first kappa shape index (κ1) is 20.0. The van der Waals surface area contributed by atoms with Gasteiger partial charge in [-0.2, -0.15) is 5.26 Å². The fourth-order valence-corrected chi connectivity index (χ4v) is 4.48. The lowest BCUT2D eigenvalue weighted by Gasteiger charge is -2.11. The fourth-order valence-electron chi connectivity index (χ4n) is 4.48. The van der Waals surface area contributed by atoms with Gasteiger partial charge in [0.15, 0.2) is 11.4 Å². The number of fused-ring (bicyclic) bond motifs is 6. The zero-order valence-corrected chi connectivity index (χ0v) is 17.0. The van der Waals surface area contributed by atoms with Crippen LogP contribution in [0.4, 0.5) is 5.82 Å². The summed E-state index contributed by atoms with van der Waals surface area (Å²) in [4.78, 5) is 27.6. The average molecular weight is 434 g/mol. The summed E-state index contributed by atoms with van der Waals surface area (Å²) < 4.78 is 0. The highest BCUT2D eigenvalue weighted by Gasteiger charge is 2.35. The molecule has 2 aromatic heterocycles. The minimum absolute atomic E-state index is 0.0896. The lowest BCUT2D eigenvalue weighted by molar-refractivity contribution is 1.05. The van der Waals surface area contributed by atoms with E-state index < -0.39 is 0 Å². The van der Waals surface area contributed by atoms with E-state index in [9.17, 15) is 15.8 Å². The zero-order valence-electron chi connectivity index (χ0n) is 17.0. The third-order valence-electron chi connectivity index (χ3n) is 5.68. The molecule has 10 nitrogen and oxygen atoms in total. The van der Waals surface area contributed by atoms with E-state index in [2.05, 4.69) is 34.5 Å². The van der Waals surface area contributed by atoms with Crippen molar-refractivity contribution in [3.8, 4) is 40.7 Å². The maximum absolute atomic E-state index is 9.81. The third-order valence-corrected chi connectivity index (χ3v) is 5.68. The highest BCUT2D eigenvalue weighted by Crippen LogP contribution is 2.38. The van der Waals surface area contributed by atoms with E-state index in [1.54, 1.807) is 0 Å². The monoisotopic (exact) mass is 434 g/mol. The molecule has 152 valence electrons. The van der Waals surface area contributed by atoms with Crippen molar-refractivity contribution in [3.63, 3.8) is 0 Å². The Morgan fingerprint density at radius 3 is 1.88 bits per heavy atom. The van der Waals surface area contributed by atoms with Crippen LogP contribution in [0.5, 0.6) is 0 Å². The molecular weight excluding hydrogens is 428 g/mol. The van der Waals surface area contributed by atoms with Gasteiger partial charge in [-0.25, -0.2) is 25.2 Å². The Morgan fingerprint density at radius 1 is 0.794 bits per heavy atom. The van der Waals surface area contributed by atoms with Gasteiger partial charge >= 0.3 is 0 Å². The number of hydrogen-bond acceptors (Lipinski definition) is 7. The van der Waals surface area contributed by atoms with E-state index in [1.165, 1.54) is 12.4 Å². The van der Waals surface area contributed by atoms with Crippen LogP contribution in [0.25, 0.3) is 48.4 Å². The molecule has 10 heteroatoms. The average Bonchev–Trinajstić information content (AvgIpc) is 3.43. The van der Waals surface area contributed by atoms with E-state index >= 15 is 0 Å². The zero-order chi connectivity index (χ0) is 24.0.